The third-order valence-corrected chi connectivity index (χ3v) is 3.34. The Morgan fingerprint density at radius 2 is 2.22 bits per heavy atom. The van der Waals surface area contributed by atoms with Crippen LogP contribution in [0, 0.1) is 29.9 Å². The van der Waals surface area contributed by atoms with E-state index in [9.17, 15) is 10.1 Å². The molecule has 18 heavy (non-hydrogen) atoms. The first-order valence-corrected chi connectivity index (χ1v) is 6.40. The highest BCUT2D eigenvalue weighted by Crippen LogP contribution is 2.23. The van der Waals surface area contributed by atoms with Gasteiger partial charge in [-0.1, -0.05) is 6.92 Å². The van der Waals surface area contributed by atoms with Crippen LogP contribution in [0.2, 0.25) is 0 Å². The van der Waals surface area contributed by atoms with Crippen molar-refractivity contribution in [2.45, 2.75) is 46.2 Å². The summed E-state index contributed by atoms with van der Waals surface area (Å²) in [6, 6.07) is 0.697. The van der Waals surface area contributed by atoms with E-state index >= 15 is 0 Å². The second kappa shape index (κ2) is 5.06. The SMILES string of the molecule is Cc1nn(CC(C)CNC2CC2)c(C)c1[N+](=O)[O-]. The van der Waals surface area contributed by atoms with Crippen LogP contribution in [0.1, 0.15) is 31.2 Å². The average Bonchev–Trinajstić information content (AvgIpc) is 3.04. The molecule has 0 bridgehead atoms. The summed E-state index contributed by atoms with van der Waals surface area (Å²) < 4.78 is 1.76. The molecule has 6 nitrogen and oxygen atoms in total. The van der Waals surface area contributed by atoms with Gasteiger partial charge in [0.15, 0.2) is 0 Å². The van der Waals surface area contributed by atoms with Gasteiger partial charge >= 0.3 is 5.69 Å². The lowest BCUT2D eigenvalue weighted by atomic mass is 10.2. The van der Waals surface area contributed by atoms with E-state index in [1.54, 1.807) is 18.5 Å². The van der Waals surface area contributed by atoms with Gasteiger partial charge in [0, 0.05) is 12.6 Å². The summed E-state index contributed by atoms with van der Waals surface area (Å²) in [6.07, 6.45) is 2.55. The maximum absolute atomic E-state index is 10.9. The van der Waals surface area contributed by atoms with Gasteiger partial charge in [-0.2, -0.15) is 5.10 Å². The highest BCUT2D eigenvalue weighted by molar-refractivity contribution is 5.39. The average molecular weight is 252 g/mol. The molecular weight excluding hydrogens is 232 g/mol. The predicted molar refractivity (Wildman–Crippen MR) is 68.5 cm³/mol. The van der Waals surface area contributed by atoms with Crippen LogP contribution in [0.4, 0.5) is 5.69 Å². The Labute approximate surface area is 107 Å². The van der Waals surface area contributed by atoms with Gasteiger partial charge in [0.05, 0.1) is 4.92 Å². The molecule has 6 heteroatoms. The lowest BCUT2D eigenvalue weighted by Gasteiger charge is -2.13. The number of hydrogen-bond acceptors (Lipinski definition) is 4. The summed E-state index contributed by atoms with van der Waals surface area (Å²) >= 11 is 0. The van der Waals surface area contributed by atoms with Crippen molar-refractivity contribution >= 4 is 5.69 Å². The molecule has 0 saturated heterocycles. The van der Waals surface area contributed by atoms with E-state index in [1.807, 2.05) is 0 Å². The second-order valence-electron chi connectivity index (χ2n) is 5.25. The van der Waals surface area contributed by atoms with Crippen molar-refractivity contribution in [3.05, 3.63) is 21.5 Å². The molecule has 1 unspecified atom stereocenters. The fourth-order valence-corrected chi connectivity index (χ4v) is 2.14. The van der Waals surface area contributed by atoms with Crippen molar-refractivity contribution in [1.82, 2.24) is 15.1 Å². The highest BCUT2D eigenvalue weighted by Gasteiger charge is 2.24. The molecule has 1 aromatic heterocycles. The van der Waals surface area contributed by atoms with Gasteiger partial charge < -0.3 is 5.32 Å². The lowest BCUT2D eigenvalue weighted by molar-refractivity contribution is -0.386. The van der Waals surface area contributed by atoms with Crippen LogP contribution < -0.4 is 5.32 Å². The topological polar surface area (TPSA) is 73.0 Å². The molecule has 100 valence electrons. The Morgan fingerprint density at radius 1 is 1.56 bits per heavy atom. The van der Waals surface area contributed by atoms with E-state index < -0.39 is 0 Å². The van der Waals surface area contributed by atoms with Crippen LogP contribution in [0.5, 0.6) is 0 Å². The van der Waals surface area contributed by atoms with Gasteiger partial charge in [0.2, 0.25) is 0 Å². The minimum absolute atomic E-state index is 0.150. The summed E-state index contributed by atoms with van der Waals surface area (Å²) in [5.74, 6) is 0.420. The zero-order valence-electron chi connectivity index (χ0n) is 11.1. The van der Waals surface area contributed by atoms with Crippen molar-refractivity contribution in [2.75, 3.05) is 6.54 Å². The molecular formula is C12H20N4O2. The number of aromatic nitrogens is 2. The first-order chi connectivity index (χ1) is 8.49. The monoisotopic (exact) mass is 252 g/mol. The second-order valence-corrected chi connectivity index (χ2v) is 5.25. The Morgan fingerprint density at radius 3 is 2.72 bits per heavy atom. The smallest absolute Gasteiger partial charge is 0.312 e. The van der Waals surface area contributed by atoms with Crippen molar-refractivity contribution < 1.29 is 4.92 Å². The van der Waals surface area contributed by atoms with Crippen LogP contribution >= 0.6 is 0 Å². The Balaban J connectivity index is 1.99. The fourth-order valence-electron chi connectivity index (χ4n) is 2.14. The highest BCUT2D eigenvalue weighted by atomic mass is 16.6. The summed E-state index contributed by atoms with van der Waals surface area (Å²) in [6.45, 7) is 7.25. The third-order valence-electron chi connectivity index (χ3n) is 3.34. The number of aryl methyl sites for hydroxylation is 1. The Kier molecular flexibility index (Phi) is 3.65. The molecule has 1 aliphatic rings. The van der Waals surface area contributed by atoms with Crippen LogP contribution in [-0.4, -0.2) is 27.3 Å². The van der Waals surface area contributed by atoms with Crippen LogP contribution in [0.15, 0.2) is 0 Å². The van der Waals surface area contributed by atoms with Gasteiger partial charge in [-0.05, 0) is 39.2 Å². The minimum atomic E-state index is -0.346. The molecule has 1 aromatic rings. The van der Waals surface area contributed by atoms with E-state index in [-0.39, 0.29) is 10.6 Å². The molecule has 0 aromatic carbocycles. The molecule has 1 aliphatic carbocycles. The van der Waals surface area contributed by atoms with Gasteiger partial charge in [0.1, 0.15) is 11.4 Å². The lowest BCUT2D eigenvalue weighted by Crippen LogP contribution is -2.26. The van der Waals surface area contributed by atoms with Gasteiger partial charge in [-0.25, -0.2) is 0 Å². The van der Waals surface area contributed by atoms with Crippen molar-refractivity contribution in [1.29, 1.82) is 0 Å². The Bertz CT molecular complexity index is 451. The van der Waals surface area contributed by atoms with Crippen molar-refractivity contribution in [3.63, 3.8) is 0 Å². The van der Waals surface area contributed by atoms with Gasteiger partial charge in [-0.3, -0.25) is 14.8 Å². The Hall–Kier alpha value is -1.43. The maximum atomic E-state index is 10.9. The van der Waals surface area contributed by atoms with Crippen molar-refractivity contribution in [2.24, 2.45) is 5.92 Å². The maximum Gasteiger partial charge on any atom is 0.312 e. The normalized spacial score (nSPS) is 16.8. The molecule has 0 spiro atoms. The molecule has 0 amide bonds. The predicted octanol–water partition coefficient (Wildman–Crippen LogP) is 1.80. The molecule has 1 fully saturated rings. The summed E-state index contributed by atoms with van der Waals surface area (Å²) in [5, 5.41) is 18.6. The van der Waals surface area contributed by atoms with E-state index in [0.29, 0.717) is 23.3 Å². The van der Waals surface area contributed by atoms with Crippen molar-refractivity contribution in [3.8, 4) is 0 Å². The number of rotatable bonds is 6. The first-order valence-electron chi connectivity index (χ1n) is 6.40. The summed E-state index contributed by atoms with van der Waals surface area (Å²) in [5.41, 5.74) is 1.30. The number of nitro groups is 1. The van der Waals surface area contributed by atoms with E-state index in [2.05, 4.69) is 17.3 Å². The number of hydrogen-bond donors (Lipinski definition) is 1. The fraction of sp³-hybridized carbons (Fsp3) is 0.750. The number of nitrogens with one attached hydrogen (secondary N) is 1. The molecule has 1 heterocycles. The van der Waals surface area contributed by atoms with Crippen LogP contribution in [-0.2, 0) is 6.54 Å². The standard InChI is InChI=1S/C12H20N4O2/c1-8(6-13-11-4-5-11)7-15-10(3)12(16(17)18)9(2)14-15/h8,11,13H,4-7H2,1-3H3. The zero-order chi connectivity index (χ0) is 13.3. The van der Waals surface area contributed by atoms with Gasteiger partial charge in [-0.15, -0.1) is 0 Å². The molecule has 0 radical (unpaired) electrons. The summed E-state index contributed by atoms with van der Waals surface area (Å²) in [7, 11) is 0. The molecule has 1 saturated carbocycles. The number of nitrogens with zero attached hydrogens (tertiary/aromatic N) is 3. The zero-order valence-corrected chi connectivity index (χ0v) is 11.1. The van der Waals surface area contributed by atoms with E-state index in [1.165, 1.54) is 12.8 Å². The van der Waals surface area contributed by atoms with Crippen LogP contribution in [0.25, 0.3) is 0 Å². The van der Waals surface area contributed by atoms with E-state index in [0.717, 1.165) is 13.1 Å². The minimum Gasteiger partial charge on any atom is -0.314 e. The van der Waals surface area contributed by atoms with Gasteiger partial charge in [0.25, 0.3) is 0 Å². The summed E-state index contributed by atoms with van der Waals surface area (Å²) in [4.78, 5) is 10.6. The largest absolute Gasteiger partial charge is 0.314 e. The van der Waals surface area contributed by atoms with E-state index in [4.69, 9.17) is 0 Å². The molecule has 0 aliphatic heterocycles. The molecule has 1 atom stereocenters. The first kappa shape index (κ1) is 13.0. The molecule has 2 rings (SSSR count). The molecule has 1 N–H and O–H groups in total. The van der Waals surface area contributed by atoms with Crippen LogP contribution in [0.3, 0.4) is 0 Å². The third kappa shape index (κ3) is 2.87. The quantitative estimate of drug-likeness (QED) is 0.619.